The summed E-state index contributed by atoms with van der Waals surface area (Å²) in [6.07, 6.45) is 0. The van der Waals surface area contributed by atoms with Crippen molar-refractivity contribution in [2.75, 3.05) is 0 Å². The number of rotatable bonds is 1. The monoisotopic (exact) mass is 196 g/mol. The van der Waals surface area contributed by atoms with Gasteiger partial charge in [0.1, 0.15) is 5.78 Å². The first kappa shape index (κ1) is 11.4. The van der Waals surface area contributed by atoms with Crippen molar-refractivity contribution < 1.29 is 9.59 Å². The lowest BCUT2D eigenvalue weighted by Gasteiger charge is -2.26. The molecule has 0 saturated heterocycles. The van der Waals surface area contributed by atoms with E-state index < -0.39 is 10.8 Å². The fourth-order valence-corrected chi connectivity index (χ4v) is 2.91. The molecule has 1 atom stereocenters. The van der Waals surface area contributed by atoms with Crippen LogP contribution < -0.4 is 0 Å². The Morgan fingerprint density at radius 2 is 1.50 bits per heavy atom. The van der Waals surface area contributed by atoms with Crippen molar-refractivity contribution in [3.05, 3.63) is 0 Å². The fraction of sp³-hybridized carbons (Fsp3) is 0.833. The topological polar surface area (TPSA) is 34.1 Å². The van der Waals surface area contributed by atoms with Gasteiger partial charge in [-0.2, -0.15) is 0 Å². The number of carbonyl (C=O) groups excluding carboxylic acids is 2. The summed E-state index contributed by atoms with van der Waals surface area (Å²) < 4.78 is 0. The van der Waals surface area contributed by atoms with Crippen molar-refractivity contribution in [2.45, 2.75) is 41.5 Å². The Kier molecular flexibility index (Phi) is 2.38. The van der Waals surface area contributed by atoms with Crippen LogP contribution in [0.5, 0.6) is 0 Å². The number of ketones is 2. The highest BCUT2D eigenvalue weighted by Crippen LogP contribution is 2.49. The molecular weight excluding hydrogens is 176 g/mol. The highest BCUT2D eigenvalue weighted by Gasteiger charge is 2.59. The quantitative estimate of drug-likeness (QED) is 0.604. The van der Waals surface area contributed by atoms with Crippen molar-refractivity contribution in [2.24, 2.45) is 22.7 Å². The van der Waals surface area contributed by atoms with E-state index in [1.54, 1.807) is 13.8 Å². The average molecular weight is 196 g/mol. The Morgan fingerprint density at radius 1 is 1.07 bits per heavy atom. The molecule has 1 saturated carbocycles. The smallest absolute Gasteiger partial charge is 0.152 e. The van der Waals surface area contributed by atoms with Crippen molar-refractivity contribution in [1.82, 2.24) is 0 Å². The minimum Gasteiger partial charge on any atom is -0.298 e. The Morgan fingerprint density at radius 3 is 1.64 bits per heavy atom. The van der Waals surface area contributed by atoms with Crippen LogP contribution in [0.4, 0.5) is 0 Å². The number of hydrogen-bond acceptors (Lipinski definition) is 2. The van der Waals surface area contributed by atoms with Crippen molar-refractivity contribution in [1.29, 1.82) is 0 Å². The SMILES string of the molecule is CC(C)C1C(=O)C(C)(C)C(=O)C1(C)C. The summed E-state index contributed by atoms with van der Waals surface area (Å²) in [4.78, 5) is 24.1. The van der Waals surface area contributed by atoms with E-state index in [9.17, 15) is 9.59 Å². The number of Topliss-reactive ketones (excluding diaryl/α,β-unsaturated/α-hetero) is 2. The summed E-state index contributed by atoms with van der Waals surface area (Å²) in [6.45, 7) is 11.3. The second-order valence-corrected chi connectivity index (χ2v) is 5.76. The van der Waals surface area contributed by atoms with Gasteiger partial charge in [-0.15, -0.1) is 0 Å². The molecule has 1 fully saturated rings. The van der Waals surface area contributed by atoms with Crippen LogP contribution in [-0.2, 0) is 9.59 Å². The molecule has 1 aliphatic rings. The van der Waals surface area contributed by atoms with Crippen LogP contribution in [0, 0.1) is 22.7 Å². The first-order chi connectivity index (χ1) is 6.13. The maximum Gasteiger partial charge on any atom is 0.152 e. The largest absolute Gasteiger partial charge is 0.298 e. The summed E-state index contributed by atoms with van der Waals surface area (Å²) >= 11 is 0. The molecule has 1 unspecified atom stereocenters. The molecule has 80 valence electrons. The van der Waals surface area contributed by atoms with Gasteiger partial charge in [0.25, 0.3) is 0 Å². The van der Waals surface area contributed by atoms with E-state index in [4.69, 9.17) is 0 Å². The van der Waals surface area contributed by atoms with Crippen LogP contribution in [0.2, 0.25) is 0 Å². The Bertz CT molecular complexity index is 285. The summed E-state index contributed by atoms with van der Waals surface area (Å²) in [5.41, 5.74) is -1.27. The molecule has 0 aromatic carbocycles. The molecule has 0 bridgehead atoms. The maximum atomic E-state index is 12.1. The highest BCUT2D eigenvalue weighted by atomic mass is 16.2. The number of hydrogen-bond donors (Lipinski definition) is 0. The van der Waals surface area contributed by atoms with Gasteiger partial charge in [-0.25, -0.2) is 0 Å². The van der Waals surface area contributed by atoms with E-state index in [-0.39, 0.29) is 23.4 Å². The second kappa shape index (κ2) is 2.91. The zero-order valence-electron chi connectivity index (χ0n) is 9.97. The number of carbonyl (C=O) groups is 2. The van der Waals surface area contributed by atoms with Gasteiger partial charge >= 0.3 is 0 Å². The van der Waals surface area contributed by atoms with Gasteiger partial charge in [-0.1, -0.05) is 27.7 Å². The van der Waals surface area contributed by atoms with E-state index in [0.29, 0.717) is 0 Å². The summed E-state index contributed by atoms with van der Waals surface area (Å²) in [5.74, 6) is 0.324. The highest BCUT2D eigenvalue weighted by molar-refractivity contribution is 6.16. The molecule has 0 radical (unpaired) electrons. The average Bonchev–Trinajstić information content (AvgIpc) is 2.10. The maximum absolute atomic E-state index is 12.1. The van der Waals surface area contributed by atoms with Crippen LogP contribution in [0.1, 0.15) is 41.5 Å². The molecule has 0 aromatic rings. The summed E-state index contributed by atoms with van der Waals surface area (Å²) in [7, 11) is 0. The van der Waals surface area contributed by atoms with Gasteiger partial charge in [-0.05, 0) is 19.8 Å². The molecule has 0 spiro atoms. The molecule has 1 rings (SSSR count). The first-order valence-corrected chi connectivity index (χ1v) is 5.22. The van der Waals surface area contributed by atoms with E-state index in [1.807, 2.05) is 27.7 Å². The molecule has 14 heavy (non-hydrogen) atoms. The van der Waals surface area contributed by atoms with Crippen LogP contribution in [0.15, 0.2) is 0 Å². The van der Waals surface area contributed by atoms with Crippen LogP contribution in [-0.4, -0.2) is 11.6 Å². The molecule has 0 heterocycles. The minimum absolute atomic E-state index is 0.0914. The second-order valence-electron chi connectivity index (χ2n) is 5.76. The van der Waals surface area contributed by atoms with Crippen LogP contribution in [0.25, 0.3) is 0 Å². The lowest BCUT2D eigenvalue weighted by atomic mass is 9.75. The predicted octanol–water partition coefficient (Wildman–Crippen LogP) is 2.46. The zero-order valence-corrected chi connectivity index (χ0v) is 9.97. The molecule has 0 aliphatic heterocycles. The van der Waals surface area contributed by atoms with Crippen molar-refractivity contribution in [3.63, 3.8) is 0 Å². The van der Waals surface area contributed by atoms with Gasteiger partial charge in [0.05, 0.1) is 5.41 Å². The molecule has 0 amide bonds. The molecular formula is C12H20O2. The third kappa shape index (κ3) is 1.23. The molecule has 2 heteroatoms. The third-order valence-electron chi connectivity index (χ3n) is 3.50. The predicted molar refractivity (Wildman–Crippen MR) is 55.9 cm³/mol. The van der Waals surface area contributed by atoms with Gasteiger partial charge < -0.3 is 0 Å². The van der Waals surface area contributed by atoms with Gasteiger partial charge in [0, 0.05) is 11.3 Å². The first-order valence-electron chi connectivity index (χ1n) is 5.22. The zero-order chi connectivity index (χ0) is 11.3. The third-order valence-corrected chi connectivity index (χ3v) is 3.50. The lowest BCUT2D eigenvalue weighted by molar-refractivity contribution is -0.135. The van der Waals surface area contributed by atoms with Crippen molar-refractivity contribution >= 4 is 11.6 Å². The van der Waals surface area contributed by atoms with Crippen LogP contribution in [0.3, 0.4) is 0 Å². The van der Waals surface area contributed by atoms with Crippen molar-refractivity contribution in [3.8, 4) is 0 Å². The van der Waals surface area contributed by atoms with Gasteiger partial charge in [0.15, 0.2) is 5.78 Å². The lowest BCUT2D eigenvalue weighted by Crippen LogP contribution is -2.31. The van der Waals surface area contributed by atoms with Crippen LogP contribution >= 0.6 is 0 Å². The van der Waals surface area contributed by atoms with E-state index in [0.717, 1.165) is 0 Å². The standard InChI is InChI=1S/C12H20O2/c1-7(2)8-9(13)12(5,6)10(14)11(8,3)4/h7-8H,1-6H3. The Labute approximate surface area is 86.1 Å². The molecule has 0 N–H and O–H groups in total. The van der Waals surface area contributed by atoms with E-state index in [2.05, 4.69) is 0 Å². The fourth-order valence-electron chi connectivity index (χ4n) is 2.91. The van der Waals surface area contributed by atoms with E-state index in [1.165, 1.54) is 0 Å². The molecule has 0 aromatic heterocycles. The molecule has 1 aliphatic carbocycles. The normalized spacial score (nSPS) is 30.1. The molecule has 2 nitrogen and oxygen atoms in total. The van der Waals surface area contributed by atoms with E-state index >= 15 is 0 Å². The Hall–Kier alpha value is -0.660. The van der Waals surface area contributed by atoms with Gasteiger partial charge in [-0.3, -0.25) is 9.59 Å². The van der Waals surface area contributed by atoms with Gasteiger partial charge in [0.2, 0.25) is 0 Å². The summed E-state index contributed by atoms with van der Waals surface area (Å²) in [5, 5.41) is 0. The summed E-state index contributed by atoms with van der Waals surface area (Å²) in [6, 6.07) is 0. The Balaban J connectivity index is 3.24. The minimum atomic E-state index is -0.779.